The highest BCUT2D eigenvalue weighted by molar-refractivity contribution is 8.13. The lowest BCUT2D eigenvalue weighted by molar-refractivity contribution is -0.109. The maximum absolute atomic E-state index is 15.4. The number of aliphatic hydroxyl groups excluding tert-OH is 1. The predicted octanol–water partition coefficient (Wildman–Crippen LogP) is 1.70. The molecular formula is C18H30FN4O6PS. The molecule has 0 bridgehead atoms. The van der Waals surface area contributed by atoms with E-state index in [1.54, 1.807) is 19.3 Å². The number of hydrogen-bond donors (Lipinski definition) is 2. The summed E-state index contributed by atoms with van der Waals surface area (Å²) < 4.78 is 46.2. The van der Waals surface area contributed by atoms with E-state index in [1.807, 2.05) is 0 Å². The summed E-state index contributed by atoms with van der Waals surface area (Å²) in [6, 6.07) is 0. The molecule has 1 fully saturated rings. The lowest BCUT2D eigenvalue weighted by atomic mass is 9.98. The van der Waals surface area contributed by atoms with Gasteiger partial charge in [0, 0.05) is 25.9 Å². The van der Waals surface area contributed by atoms with E-state index in [0.717, 1.165) is 11.8 Å². The fraction of sp³-hybridized carbons (Fsp3) is 0.667. The third kappa shape index (κ3) is 6.16. The standard InChI is InChI=1S/C18H30FN4O6PS/c1-12-21-15(20-4)7-8-23(12)17-18(3,19)16(25)14(29-17)11-28-30(26,22(5)6)27-9-10-31-13(2)24/h7-8,14,16-17,25H,1,9-11H2,2-6H3,(H,20,21)/t14-,16+,17-,18?,30?/m1/s1. The molecule has 2 aliphatic heterocycles. The van der Waals surface area contributed by atoms with Crippen molar-refractivity contribution in [2.75, 3.05) is 40.1 Å². The zero-order valence-corrected chi connectivity index (χ0v) is 20.0. The van der Waals surface area contributed by atoms with Crippen LogP contribution in [-0.2, 0) is 23.1 Å². The predicted molar refractivity (Wildman–Crippen MR) is 117 cm³/mol. The largest absolute Gasteiger partial charge is 0.407 e. The van der Waals surface area contributed by atoms with Gasteiger partial charge in [0.2, 0.25) is 0 Å². The number of nitrogens with zero attached hydrogens (tertiary/aromatic N) is 3. The normalized spacial score (nSPS) is 31.9. The van der Waals surface area contributed by atoms with Gasteiger partial charge >= 0.3 is 7.75 Å². The average Bonchev–Trinajstić information content (AvgIpc) is 2.92. The first kappa shape index (κ1) is 26.0. The molecule has 0 aliphatic carbocycles. The van der Waals surface area contributed by atoms with Gasteiger partial charge in [-0.05, 0) is 27.1 Å². The number of aliphatic hydroxyl groups is 1. The van der Waals surface area contributed by atoms with Crippen LogP contribution in [0, 0.1) is 0 Å². The first-order valence-corrected chi connectivity index (χ1v) is 12.0. The number of thioether (sulfide) groups is 1. The van der Waals surface area contributed by atoms with E-state index in [-0.39, 0.29) is 18.3 Å². The molecule has 13 heteroatoms. The minimum absolute atomic E-state index is 0.0165. The second-order valence-corrected chi connectivity index (χ2v) is 10.8. The van der Waals surface area contributed by atoms with E-state index >= 15 is 4.39 Å². The van der Waals surface area contributed by atoms with Crippen LogP contribution in [0.4, 0.5) is 4.39 Å². The Morgan fingerprint density at radius 2 is 2.23 bits per heavy atom. The maximum Gasteiger partial charge on any atom is 0.407 e. The van der Waals surface area contributed by atoms with Gasteiger partial charge in [-0.1, -0.05) is 18.3 Å². The lowest BCUT2D eigenvalue weighted by Gasteiger charge is -2.36. The van der Waals surface area contributed by atoms with Crippen LogP contribution in [0.15, 0.2) is 29.7 Å². The number of carbonyl (C=O) groups is 1. The molecule has 0 saturated carbocycles. The molecule has 2 unspecified atom stereocenters. The van der Waals surface area contributed by atoms with Gasteiger partial charge in [-0.25, -0.2) is 13.6 Å². The van der Waals surface area contributed by atoms with Crippen molar-refractivity contribution in [2.24, 2.45) is 4.99 Å². The van der Waals surface area contributed by atoms with Crippen LogP contribution >= 0.6 is 19.5 Å². The van der Waals surface area contributed by atoms with Crippen LogP contribution < -0.4 is 5.32 Å². The summed E-state index contributed by atoms with van der Waals surface area (Å²) in [5.74, 6) is 1.19. The summed E-state index contributed by atoms with van der Waals surface area (Å²) in [6.45, 7) is 6.13. The number of aliphatic imine (C=N–C) groups is 1. The third-order valence-electron chi connectivity index (χ3n) is 4.72. The molecule has 2 heterocycles. The van der Waals surface area contributed by atoms with Crippen molar-refractivity contribution in [1.29, 1.82) is 0 Å². The van der Waals surface area contributed by atoms with E-state index in [4.69, 9.17) is 13.8 Å². The molecule has 31 heavy (non-hydrogen) atoms. The molecule has 5 atom stereocenters. The van der Waals surface area contributed by atoms with Gasteiger partial charge in [-0.15, -0.1) is 0 Å². The van der Waals surface area contributed by atoms with E-state index in [2.05, 4.69) is 16.9 Å². The Labute approximate surface area is 186 Å². The van der Waals surface area contributed by atoms with Gasteiger partial charge in [-0.3, -0.25) is 18.8 Å². The van der Waals surface area contributed by atoms with Gasteiger partial charge in [0.05, 0.1) is 13.2 Å². The molecule has 0 spiro atoms. The minimum Gasteiger partial charge on any atom is -0.387 e. The van der Waals surface area contributed by atoms with Crippen molar-refractivity contribution in [2.45, 2.75) is 38.0 Å². The molecular weight excluding hydrogens is 450 g/mol. The smallest absolute Gasteiger partial charge is 0.387 e. The van der Waals surface area contributed by atoms with Gasteiger partial charge in [-0.2, -0.15) is 0 Å². The zero-order chi connectivity index (χ0) is 23.4. The molecule has 2 N–H and O–H groups in total. The number of ether oxygens (including phenoxy) is 1. The number of nitrogens with one attached hydrogen (secondary N) is 1. The van der Waals surface area contributed by atoms with Crippen LogP contribution in [0.1, 0.15) is 13.8 Å². The van der Waals surface area contributed by atoms with Crippen molar-refractivity contribution in [3.63, 3.8) is 0 Å². The number of halogens is 1. The minimum atomic E-state index is -3.73. The van der Waals surface area contributed by atoms with Crippen molar-refractivity contribution in [1.82, 2.24) is 14.9 Å². The number of amidine groups is 1. The topological polar surface area (TPSA) is 113 Å². The van der Waals surface area contributed by atoms with Crippen LogP contribution in [-0.4, -0.2) is 89.8 Å². The Morgan fingerprint density at radius 3 is 2.77 bits per heavy atom. The van der Waals surface area contributed by atoms with E-state index < -0.39 is 31.9 Å². The Kier molecular flexibility index (Phi) is 8.86. The fourth-order valence-electron chi connectivity index (χ4n) is 2.97. The maximum atomic E-state index is 15.4. The number of carbonyl (C=O) groups excluding carboxylic acids is 1. The van der Waals surface area contributed by atoms with E-state index in [1.165, 1.54) is 37.5 Å². The molecule has 176 valence electrons. The molecule has 0 aromatic heterocycles. The van der Waals surface area contributed by atoms with Gasteiger partial charge in [0.25, 0.3) is 0 Å². The lowest BCUT2D eigenvalue weighted by Crippen LogP contribution is -2.51. The van der Waals surface area contributed by atoms with Crippen LogP contribution in [0.2, 0.25) is 0 Å². The molecule has 0 aromatic carbocycles. The third-order valence-corrected chi connectivity index (χ3v) is 7.46. The van der Waals surface area contributed by atoms with Crippen LogP contribution in [0.25, 0.3) is 0 Å². The number of alkyl halides is 1. The highest BCUT2D eigenvalue weighted by Gasteiger charge is 2.57. The van der Waals surface area contributed by atoms with Crippen molar-refractivity contribution in [3.8, 4) is 0 Å². The second kappa shape index (κ2) is 10.6. The molecule has 1 saturated heterocycles. The summed E-state index contributed by atoms with van der Waals surface area (Å²) in [5, 5.41) is 13.3. The molecule has 2 rings (SSSR count). The quantitative estimate of drug-likeness (QED) is 0.373. The van der Waals surface area contributed by atoms with Crippen LogP contribution in [0.3, 0.4) is 0 Å². The van der Waals surface area contributed by atoms with Gasteiger partial charge in [0.15, 0.2) is 17.0 Å². The van der Waals surface area contributed by atoms with E-state index in [0.29, 0.717) is 17.4 Å². The van der Waals surface area contributed by atoms with Gasteiger partial charge < -0.3 is 20.1 Å². The summed E-state index contributed by atoms with van der Waals surface area (Å²) in [4.78, 5) is 16.4. The first-order valence-electron chi connectivity index (χ1n) is 9.54. The SMILES string of the molecule is C=C1NC(=NC)C=CN1[C@@H]1O[C@H](COP(=O)(OCCSC(C)=O)N(C)C)[C@H](O)C1(C)F. The molecule has 0 radical (unpaired) electrons. The summed E-state index contributed by atoms with van der Waals surface area (Å²) in [5.41, 5.74) is -2.18. The van der Waals surface area contributed by atoms with Gasteiger partial charge in [0.1, 0.15) is 23.9 Å². The fourth-order valence-corrected chi connectivity index (χ4v) is 4.74. The zero-order valence-electron chi connectivity index (χ0n) is 18.3. The number of rotatable bonds is 9. The monoisotopic (exact) mass is 480 g/mol. The summed E-state index contributed by atoms with van der Waals surface area (Å²) in [6.07, 6.45) is -0.676. The van der Waals surface area contributed by atoms with Crippen molar-refractivity contribution in [3.05, 3.63) is 24.7 Å². The molecule has 10 nitrogen and oxygen atoms in total. The van der Waals surface area contributed by atoms with E-state index in [9.17, 15) is 14.5 Å². The first-order chi connectivity index (χ1) is 14.4. The van der Waals surface area contributed by atoms with Crippen molar-refractivity contribution >= 4 is 30.5 Å². The Morgan fingerprint density at radius 1 is 1.55 bits per heavy atom. The number of hydrogen-bond acceptors (Lipinski definition) is 9. The highest BCUT2D eigenvalue weighted by Crippen LogP contribution is 2.51. The average molecular weight is 480 g/mol. The van der Waals surface area contributed by atoms with Crippen LogP contribution in [0.5, 0.6) is 0 Å². The summed E-state index contributed by atoms with van der Waals surface area (Å²) >= 11 is 1.04. The van der Waals surface area contributed by atoms with Crippen molar-refractivity contribution < 1.29 is 32.6 Å². The molecule has 0 aromatic rings. The Hall–Kier alpha value is -1.27. The Balaban J connectivity index is 2.05. The summed E-state index contributed by atoms with van der Waals surface area (Å²) in [7, 11) is 0.888. The second-order valence-electron chi connectivity index (χ2n) is 7.31. The Bertz CT molecular complexity index is 793. The molecule has 2 aliphatic rings. The highest BCUT2D eigenvalue weighted by atomic mass is 32.2. The molecule has 0 amide bonds.